The molecule has 2 aromatic rings. The molecule has 2 rings (SSSR count). The van der Waals surface area contributed by atoms with Gasteiger partial charge in [-0.25, -0.2) is 9.48 Å². The Balaban J connectivity index is 2.17. The molecule has 0 bridgehead atoms. The first-order valence-electron chi connectivity index (χ1n) is 5.66. The molecular weight excluding hydrogens is 311 g/mol. The largest absolute Gasteiger partial charge is 0.440 e. The highest BCUT2D eigenvalue weighted by Gasteiger charge is 2.29. The average Bonchev–Trinajstić information content (AvgIpc) is 2.89. The number of hydrogen-bond donors (Lipinski definition) is 1. The maximum atomic E-state index is 12.0. The maximum Gasteiger partial charge on any atom is 0.422 e. The minimum atomic E-state index is -4.59. The van der Waals surface area contributed by atoms with Crippen molar-refractivity contribution in [1.82, 2.24) is 9.78 Å². The predicted molar refractivity (Wildman–Crippen MR) is 69.6 cm³/mol. The van der Waals surface area contributed by atoms with Gasteiger partial charge in [-0.2, -0.15) is 18.3 Å². The molecule has 0 aliphatic carbocycles. The minimum absolute atomic E-state index is 0.179. The molecule has 0 unspecified atom stereocenters. The Morgan fingerprint density at radius 2 is 2.14 bits per heavy atom. The van der Waals surface area contributed by atoms with E-state index in [0.29, 0.717) is 5.69 Å². The summed E-state index contributed by atoms with van der Waals surface area (Å²) in [4.78, 5) is 11.4. The van der Waals surface area contributed by atoms with E-state index in [1.807, 2.05) is 0 Å². The van der Waals surface area contributed by atoms with Crippen LogP contribution in [0.1, 0.15) is 0 Å². The molecule has 0 atom stereocenters. The Kier molecular flexibility index (Phi) is 4.37. The Labute approximate surface area is 122 Å². The van der Waals surface area contributed by atoms with Gasteiger partial charge in [0.05, 0.1) is 10.7 Å². The van der Waals surface area contributed by atoms with Gasteiger partial charge in [-0.15, -0.1) is 0 Å². The fraction of sp³-hybridized carbons (Fsp3) is 0.167. The summed E-state index contributed by atoms with van der Waals surface area (Å²) in [7, 11) is 0. The van der Waals surface area contributed by atoms with E-state index in [4.69, 9.17) is 11.6 Å². The Morgan fingerprint density at radius 1 is 1.38 bits per heavy atom. The van der Waals surface area contributed by atoms with Crippen molar-refractivity contribution < 1.29 is 22.7 Å². The number of carbonyl (C=O) groups is 1. The zero-order valence-corrected chi connectivity index (χ0v) is 11.1. The number of aromatic nitrogens is 2. The molecule has 0 aliphatic rings. The van der Waals surface area contributed by atoms with E-state index in [2.05, 4.69) is 15.2 Å². The Hall–Kier alpha value is -2.22. The van der Waals surface area contributed by atoms with Crippen LogP contribution in [0.15, 0.2) is 36.7 Å². The second-order valence-electron chi connectivity index (χ2n) is 3.90. The van der Waals surface area contributed by atoms with Gasteiger partial charge in [0, 0.05) is 12.4 Å². The van der Waals surface area contributed by atoms with E-state index in [1.54, 1.807) is 18.3 Å². The SMILES string of the molecule is O=C(Nc1cccc(Cl)c1-n1cccn1)OCC(F)(F)F. The van der Waals surface area contributed by atoms with Gasteiger partial charge in [0.2, 0.25) is 0 Å². The monoisotopic (exact) mass is 319 g/mol. The summed E-state index contributed by atoms with van der Waals surface area (Å²) in [5.74, 6) is 0. The van der Waals surface area contributed by atoms with E-state index in [0.717, 1.165) is 0 Å². The summed E-state index contributed by atoms with van der Waals surface area (Å²) in [5.41, 5.74) is 0.506. The quantitative estimate of drug-likeness (QED) is 0.939. The minimum Gasteiger partial charge on any atom is -0.440 e. The van der Waals surface area contributed by atoms with Crippen LogP contribution in [0.2, 0.25) is 5.02 Å². The zero-order chi connectivity index (χ0) is 15.5. The number of para-hydroxylation sites is 1. The number of rotatable bonds is 3. The molecule has 1 heterocycles. The first-order chi connectivity index (χ1) is 9.87. The number of alkyl halides is 3. The summed E-state index contributed by atoms with van der Waals surface area (Å²) >= 11 is 6.02. The predicted octanol–water partition coefficient (Wildman–Crippen LogP) is 3.64. The molecule has 9 heteroatoms. The van der Waals surface area contributed by atoms with Crippen LogP contribution in [0.4, 0.5) is 23.7 Å². The highest BCUT2D eigenvalue weighted by atomic mass is 35.5. The number of benzene rings is 1. The van der Waals surface area contributed by atoms with Gasteiger partial charge in [0.25, 0.3) is 0 Å². The molecule has 0 radical (unpaired) electrons. The van der Waals surface area contributed by atoms with Crippen molar-refractivity contribution in [1.29, 1.82) is 0 Å². The third kappa shape index (κ3) is 4.12. The van der Waals surface area contributed by atoms with Crippen LogP contribution in [0, 0.1) is 0 Å². The van der Waals surface area contributed by atoms with Crippen LogP contribution in [0.5, 0.6) is 0 Å². The van der Waals surface area contributed by atoms with Gasteiger partial charge in [0.1, 0.15) is 5.69 Å². The highest BCUT2D eigenvalue weighted by molar-refractivity contribution is 6.33. The summed E-state index contributed by atoms with van der Waals surface area (Å²) < 4.78 is 41.4. The van der Waals surface area contributed by atoms with Gasteiger partial charge < -0.3 is 4.74 Å². The first-order valence-corrected chi connectivity index (χ1v) is 6.04. The molecule has 1 aromatic carbocycles. The van der Waals surface area contributed by atoms with Crippen LogP contribution < -0.4 is 5.32 Å². The van der Waals surface area contributed by atoms with Crippen molar-refractivity contribution in [2.45, 2.75) is 6.18 Å². The van der Waals surface area contributed by atoms with E-state index >= 15 is 0 Å². The van der Waals surface area contributed by atoms with E-state index in [9.17, 15) is 18.0 Å². The summed E-state index contributed by atoms with van der Waals surface area (Å²) in [6, 6.07) is 6.20. The average molecular weight is 320 g/mol. The molecule has 0 aliphatic heterocycles. The third-order valence-corrected chi connectivity index (χ3v) is 2.63. The van der Waals surface area contributed by atoms with Gasteiger partial charge in [-0.05, 0) is 18.2 Å². The fourth-order valence-corrected chi connectivity index (χ4v) is 1.80. The number of ether oxygens (including phenoxy) is 1. The zero-order valence-electron chi connectivity index (χ0n) is 10.4. The van der Waals surface area contributed by atoms with Gasteiger partial charge in [-0.3, -0.25) is 5.32 Å². The topological polar surface area (TPSA) is 56.2 Å². The van der Waals surface area contributed by atoms with Crippen molar-refractivity contribution in [2.24, 2.45) is 0 Å². The molecular formula is C12H9ClF3N3O2. The normalized spacial score (nSPS) is 11.2. The van der Waals surface area contributed by atoms with Gasteiger partial charge in [-0.1, -0.05) is 17.7 Å². The number of hydrogen-bond acceptors (Lipinski definition) is 3. The molecule has 1 N–H and O–H groups in total. The van der Waals surface area contributed by atoms with Gasteiger partial charge >= 0.3 is 12.3 Å². The Morgan fingerprint density at radius 3 is 2.76 bits per heavy atom. The lowest BCUT2D eigenvalue weighted by Crippen LogP contribution is -2.23. The summed E-state index contributed by atoms with van der Waals surface area (Å²) in [5, 5.41) is 6.44. The number of halogens is 4. The van der Waals surface area contributed by atoms with Crippen LogP contribution >= 0.6 is 11.6 Å². The van der Waals surface area contributed by atoms with Crippen LogP contribution in [-0.2, 0) is 4.74 Å². The number of anilines is 1. The van der Waals surface area contributed by atoms with Crippen molar-refractivity contribution in [3.05, 3.63) is 41.7 Å². The lowest BCUT2D eigenvalue weighted by atomic mass is 10.2. The van der Waals surface area contributed by atoms with Crippen molar-refractivity contribution >= 4 is 23.4 Å². The molecule has 21 heavy (non-hydrogen) atoms. The molecule has 0 saturated carbocycles. The lowest BCUT2D eigenvalue weighted by Gasteiger charge is -2.13. The lowest BCUT2D eigenvalue weighted by molar-refractivity contribution is -0.159. The number of carbonyl (C=O) groups excluding carboxylic acids is 1. The second-order valence-corrected chi connectivity index (χ2v) is 4.31. The Bertz CT molecular complexity index is 629. The van der Waals surface area contributed by atoms with E-state index < -0.39 is 18.9 Å². The second kappa shape index (κ2) is 6.04. The maximum absolute atomic E-state index is 12.0. The van der Waals surface area contributed by atoms with Crippen molar-refractivity contribution in [2.75, 3.05) is 11.9 Å². The molecule has 1 aromatic heterocycles. The molecule has 0 spiro atoms. The summed E-state index contributed by atoms with van der Waals surface area (Å²) in [6.07, 6.45) is -2.75. The van der Waals surface area contributed by atoms with Crippen LogP contribution in [-0.4, -0.2) is 28.7 Å². The van der Waals surface area contributed by atoms with Crippen molar-refractivity contribution in [3.63, 3.8) is 0 Å². The van der Waals surface area contributed by atoms with Gasteiger partial charge in [0.15, 0.2) is 6.61 Å². The van der Waals surface area contributed by atoms with E-state index in [-0.39, 0.29) is 10.7 Å². The third-order valence-electron chi connectivity index (χ3n) is 2.32. The van der Waals surface area contributed by atoms with Crippen LogP contribution in [0.3, 0.4) is 0 Å². The standard InChI is InChI=1S/C12H9ClF3N3O2/c13-8-3-1-4-9(10(8)19-6-2-5-17-19)18-11(20)21-7-12(14,15)16/h1-6H,7H2,(H,18,20). The smallest absolute Gasteiger partial charge is 0.422 e. The van der Waals surface area contributed by atoms with Crippen molar-refractivity contribution in [3.8, 4) is 5.69 Å². The molecule has 0 saturated heterocycles. The fourth-order valence-electron chi connectivity index (χ4n) is 1.54. The van der Waals surface area contributed by atoms with Crippen LogP contribution in [0.25, 0.3) is 5.69 Å². The van der Waals surface area contributed by atoms with E-state index in [1.165, 1.54) is 23.0 Å². The highest BCUT2D eigenvalue weighted by Crippen LogP contribution is 2.28. The number of nitrogens with zero attached hydrogens (tertiary/aromatic N) is 2. The first kappa shape index (κ1) is 15.2. The molecule has 1 amide bonds. The number of amides is 1. The number of nitrogens with one attached hydrogen (secondary N) is 1. The molecule has 5 nitrogen and oxygen atoms in total. The molecule has 112 valence electrons. The summed E-state index contributed by atoms with van der Waals surface area (Å²) in [6.45, 7) is -1.67. The molecule has 0 fully saturated rings.